The van der Waals surface area contributed by atoms with E-state index in [0.717, 1.165) is 22.2 Å². The molecule has 150 valence electrons. The summed E-state index contributed by atoms with van der Waals surface area (Å²) in [6, 6.07) is 12.9. The van der Waals surface area contributed by atoms with Gasteiger partial charge in [0.2, 0.25) is 12.7 Å². The zero-order valence-electron chi connectivity index (χ0n) is 16.4. The topological polar surface area (TPSA) is 80.9 Å². The van der Waals surface area contributed by atoms with E-state index in [-0.39, 0.29) is 24.8 Å². The predicted molar refractivity (Wildman–Crippen MR) is 108 cm³/mol. The summed E-state index contributed by atoms with van der Waals surface area (Å²) in [5.74, 6) is 1.98. The molecule has 1 amide bonds. The number of hydrogen-bond donors (Lipinski definition) is 1. The summed E-state index contributed by atoms with van der Waals surface area (Å²) in [6.07, 6.45) is 0. The highest BCUT2D eigenvalue weighted by molar-refractivity contribution is 5.80. The van der Waals surface area contributed by atoms with E-state index in [9.17, 15) is 9.59 Å². The molecule has 4 rings (SSSR count). The summed E-state index contributed by atoms with van der Waals surface area (Å²) in [4.78, 5) is 29.3. The van der Waals surface area contributed by atoms with Crippen LogP contribution in [-0.2, 0) is 17.9 Å². The number of amides is 1. The monoisotopic (exact) mass is 394 g/mol. The molecule has 1 aliphatic heterocycles. The van der Waals surface area contributed by atoms with Crippen molar-refractivity contribution in [3.05, 3.63) is 63.9 Å². The van der Waals surface area contributed by atoms with Gasteiger partial charge in [0.25, 0.3) is 5.56 Å². The second kappa shape index (κ2) is 7.87. The quantitative estimate of drug-likeness (QED) is 0.694. The molecule has 0 radical (unpaired) electrons. The van der Waals surface area contributed by atoms with Crippen molar-refractivity contribution in [2.24, 2.45) is 0 Å². The molecule has 29 heavy (non-hydrogen) atoms. The summed E-state index contributed by atoms with van der Waals surface area (Å²) in [7, 11) is 0. The Morgan fingerprint density at radius 3 is 2.72 bits per heavy atom. The minimum Gasteiger partial charge on any atom is -0.494 e. The lowest BCUT2D eigenvalue weighted by atomic mass is 10.1. The van der Waals surface area contributed by atoms with E-state index >= 15 is 0 Å². The molecule has 0 atom stereocenters. The molecule has 3 aromatic rings. The van der Waals surface area contributed by atoms with Crippen LogP contribution in [0.15, 0.2) is 47.3 Å². The minimum absolute atomic E-state index is 0.120. The van der Waals surface area contributed by atoms with Gasteiger partial charge in [0.15, 0.2) is 11.5 Å². The Hall–Kier alpha value is -3.48. The SMILES string of the molecule is CCOc1ccc2[nH]c(=O)c(CN(Cc3ccc4c(c3)OCO4)C(C)=O)cc2c1. The number of carbonyl (C=O) groups excluding carboxylic acids is 1. The first-order valence-corrected chi connectivity index (χ1v) is 9.46. The first-order valence-electron chi connectivity index (χ1n) is 9.46. The van der Waals surface area contributed by atoms with Crippen LogP contribution in [0.4, 0.5) is 0 Å². The van der Waals surface area contributed by atoms with Gasteiger partial charge in [-0.1, -0.05) is 6.07 Å². The van der Waals surface area contributed by atoms with Gasteiger partial charge in [-0.15, -0.1) is 0 Å². The van der Waals surface area contributed by atoms with E-state index in [2.05, 4.69) is 4.98 Å². The van der Waals surface area contributed by atoms with Crippen LogP contribution in [0.5, 0.6) is 17.2 Å². The van der Waals surface area contributed by atoms with E-state index < -0.39 is 0 Å². The normalized spacial score (nSPS) is 12.2. The number of aromatic nitrogens is 1. The third kappa shape index (κ3) is 4.03. The van der Waals surface area contributed by atoms with Crippen LogP contribution in [0, 0.1) is 0 Å². The number of ether oxygens (including phenoxy) is 3. The fraction of sp³-hybridized carbons (Fsp3) is 0.273. The van der Waals surface area contributed by atoms with Crippen molar-refractivity contribution in [1.29, 1.82) is 0 Å². The molecule has 1 N–H and O–H groups in total. The van der Waals surface area contributed by atoms with Gasteiger partial charge in [-0.3, -0.25) is 9.59 Å². The molecule has 2 heterocycles. The first kappa shape index (κ1) is 18.9. The lowest BCUT2D eigenvalue weighted by Crippen LogP contribution is -2.30. The van der Waals surface area contributed by atoms with Crippen molar-refractivity contribution < 1.29 is 19.0 Å². The summed E-state index contributed by atoms with van der Waals surface area (Å²) in [5, 5.41) is 0.858. The van der Waals surface area contributed by atoms with E-state index in [1.807, 2.05) is 49.4 Å². The van der Waals surface area contributed by atoms with Crippen LogP contribution in [0.25, 0.3) is 10.9 Å². The van der Waals surface area contributed by atoms with E-state index in [1.165, 1.54) is 6.92 Å². The standard InChI is InChI=1S/C22H22N2O5/c1-3-27-18-5-6-19-16(10-18)9-17(22(26)23-19)12-24(14(2)25)11-15-4-7-20-21(8-15)29-13-28-20/h4-10H,3,11-13H2,1-2H3,(H,23,26). The molecular formula is C22H22N2O5. The summed E-state index contributed by atoms with van der Waals surface area (Å²) < 4.78 is 16.3. The molecule has 0 unspecified atom stereocenters. The van der Waals surface area contributed by atoms with Crippen molar-refractivity contribution in [2.75, 3.05) is 13.4 Å². The van der Waals surface area contributed by atoms with Gasteiger partial charge in [-0.2, -0.15) is 0 Å². The molecule has 2 aromatic carbocycles. The lowest BCUT2D eigenvalue weighted by molar-refractivity contribution is -0.130. The number of carbonyl (C=O) groups is 1. The average Bonchev–Trinajstić information content (AvgIpc) is 3.16. The highest BCUT2D eigenvalue weighted by Gasteiger charge is 2.17. The van der Waals surface area contributed by atoms with Crippen LogP contribution >= 0.6 is 0 Å². The highest BCUT2D eigenvalue weighted by atomic mass is 16.7. The zero-order valence-corrected chi connectivity index (χ0v) is 16.4. The molecule has 1 aromatic heterocycles. The zero-order chi connectivity index (χ0) is 20.4. The molecule has 0 bridgehead atoms. The maximum Gasteiger partial charge on any atom is 0.253 e. The Morgan fingerprint density at radius 2 is 1.93 bits per heavy atom. The van der Waals surface area contributed by atoms with Crippen molar-refractivity contribution in [2.45, 2.75) is 26.9 Å². The number of pyridine rings is 1. The van der Waals surface area contributed by atoms with E-state index in [0.29, 0.717) is 30.2 Å². The Morgan fingerprint density at radius 1 is 1.10 bits per heavy atom. The van der Waals surface area contributed by atoms with Gasteiger partial charge >= 0.3 is 0 Å². The van der Waals surface area contributed by atoms with Gasteiger partial charge in [0, 0.05) is 29.9 Å². The van der Waals surface area contributed by atoms with Crippen LogP contribution in [0.1, 0.15) is 25.0 Å². The Kier molecular flexibility index (Phi) is 5.12. The van der Waals surface area contributed by atoms with Crippen LogP contribution in [-0.4, -0.2) is 29.2 Å². The Bertz CT molecular complexity index is 1120. The number of hydrogen-bond acceptors (Lipinski definition) is 5. The molecular weight excluding hydrogens is 372 g/mol. The number of fused-ring (bicyclic) bond motifs is 2. The fourth-order valence-corrected chi connectivity index (χ4v) is 3.35. The maximum atomic E-state index is 12.5. The first-order chi connectivity index (χ1) is 14.0. The number of rotatable bonds is 6. The van der Waals surface area contributed by atoms with Crippen molar-refractivity contribution >= 4 is 16.8 Å². The van der Waals surface area contributed by atoms with E-state index in [1.54, 1.807) is 4.90 Å². The predicted octanol–water partition coefficient (Wildman–Crippen LogP) is 3.20. The van der Waals surface area contributed by atoms with Gasteiger partial charge in [-0.25, -0.2) is 0 Å². The summed E-state index contributed by atoms with van der Waals surface area (Å²) >= 11 is 0. The van der Waals surface area contributed by atoms with Gasteiger partial charge in [0.05, 0.1) is 13.2 Å². The van der Waals surface area contributed by atoms with Gasteiger partial charge < -0.3 is 24.1 Å². The van der Waals surface area contributed by atoms with Crippen molar-refractivity contribution in [3.8, 4) is 17.2 Å². The fourth-order valence-electron chi connectivity index (χ4n) is 3.35. The third-order valence-corrected chi connectivity index (χ3v) is 4.82. The molecule has 7 nitrogen and oxygen atoms in total. The maximum absolute atomic E-state index is 12.5. The molecule has 0 spiro atoms. The number of H-pyrrole nitrogens is 1. The van der Waals surface area contributed by atoms with E-state index in [4.69, 9.17) is 14.2 Å². The molecule has 1 aliphatic rings. The molecule has 0 saturated carbocycles. The average molecular weight is 394 g/mol. The third-order valence-electron chi connectivity index (χ3n) is 4.82. The minimum atomic E-state index is -0.210. The molecule has 7 heteroatoms. The number of nitrogens with one attached hydrogen (secondary N) is 1. The molecule has 0 fully saturated rings. The van der Waals surface area contributed by atoms with Crippen molar-refractivity contribution in [3.63, 3.8) is 0 Å². The molecule has 0 saturated heterocycles. The smallest absolute Gasteiger partial charge is 0.253 e. The number of aromatic amines is 1. The second-order valence-electron chi connectivity index (χ2n) is 6.87. The number of nitrogens with zero attached hydrogens (tertiary/aromatic N) is 1. The number of benzene rings is 2. The largest absolute Gasteiger partial charge is 0.494 e. The van der Waals surface area contributed by atoms with Gasteiger partial charge in [0.1, 0.15) is 5.75 Å². The Balaban J connectivity index is 1.60. The van der Waals surface area contributed by atoms with Gasteiger partial charge in [-0.05, 0) is 48.9 Å². The molecule has 0 aliphatic carbocycles. The summed E-state index contributed by atoms with van der Waals surface area (Å²) in [6.45, 7) is 4.75. The van der Waals surface area contributed by atoms with Crippen LogP contribution in [0.2, 0.25) is 0 Å². The van der Waals surface area contributed by atoms with Crippen LogP contribution in [0.3, 0.4) is 0 Å². The lowest BCUT2D eigenvalue weighted by Gasteiger charge is -2.21. The summed E-state index contributed by atoms with van der Waals surface area (Å²) in [5.41, 5.74) is 1.94. The second-order valence-corrected chi connectivity index (χ2v) is 6.87. The van der Waals surface area contributed by atoms with Crippen LogP contribution < -0.4 is 19.8 Å². The van der Waals surface area contributed by atoms with Crippen molar-refractivity contribution in [1.82, 2.24) is 9.88 Å². The Labute approximate surface area is 167 Å². The highest BCUT2D eigenvalue weighted by Crippen LogP contribution is 2.33.